The van der Waals surface area contributed by atoms with Crippen molar-refractivity contribution in [1.29, 1.82) is 0 Å². The summed E-state index contributed by atoms with van der Waals surface area (Å²) >= 11 is 0. The van der Waals surface area contributed by atoms with Crippen LogP contribution in [0.1, 0.15) is 46.0 Å². The first-order valence-electron chi connectivity index (χ1n) is 9.89. The van der Waals surface area contributed by atoms with E-state index in [2.05, 4.69) is 0 Å². The second-order valence-electron chi connectivity index (χ2n) is 9.40. The maximum Gasteiger partial charge on any atom is 0.465 e. The van der Waals surface area contributed by atoms with Gasteiger partial charge in [0.05, 0.1) is 12.2 Å². The largest absolute Gasteiger partial charge is 0.465 e. The van der Waals surface area contributed by atoms with Crippen LogP contribution in [0.15, 0.2) is 0 Å². The fourth-order valence-corrected chi connectivity index (χ4v) is 5.25. The molecular weight excluding hydrogens is 474 g/mol. The van der Waals surface area contributed by atoms with Crippen LogP contribution in [-0.4, -0.2) is 67.1 Å². The number of halogens is 6. The van der Waals surface area contributed by atoms with E-state index >= 15 is 0 Å². The first-order chi connectivity index (χ1) is 14.3. The molecule has 2 aliphatic carbocycles. The first kappa shape index (κ1) is 25.5. The predicted molar refractivity (Wildman–Crippen MR) is 95.0 cm³/mol. The molecule has 0 spiro atoms. The third kappa shape index (κ3) is 4.34. The Morgan fingerprint density at radius 1 is 0.969 bits per heavy atom. The van der Waals surface area contributed by atoms with Crippen LogP contribution in [0.4, 0.5) is 26.3 Å². The zero-order chi connectivity index (χ0) is 24.4. The molecule has 4 fully saturated rings. The van der Waals surface area contributed by atoms with E-state index < -0.39 is 69.6 Å². The lowest BCUT2D eigenvalue weighted by atomic mass is 9.54. The second kappa shape index (κ2) is 7.70. The Morgan fingerprint density at radius 2 is 1.41 bits per heavy atom. The van der Waals surface area contributed by atoms with Gasteiger partial charge in [0.1, 0.15) is 18.8 Å². The van der Waals surface area contributed by atoms with Crippen molar-refractivity contribution < 1.29 is 58.3 Å². The molecule has 14 heteroatoms. The molecule has 0 aromatic rings. The molecule has 186 valence electrons. The average molecular weight is 498 g/mol. The first-order valence-corrected chi connectivity index (χ1v) is 11.3. The Hall–Kier alpha value is -1.12. The number of carbonyl (C=O) groups excluding carboxylic acids is 1. The summed E-state index contributed by atoms with van der Waals surface area (Å²) in [5.74, 6) is -11.8. The molecule has 32 heavy (non-hydrogen) atoms. The van der Waals surface area contributed by atoms with Crippen molar-refractivity contribution in [2.45, 2.75) is 80.9 Å². The lowest BCUT2D eigenvalue weighted by Gasteiger charge is -2.56. The quantitative estimate of drug-likeness (QED) is 0.360. The molecule has 4 bridgehead atoms. The van der Waals surface area contributed by atoms with Gasteiger partial charge < -0.3 is 14.2 Å². The van der Waals surface area contributed by atoms with Crippen LogP contribution in [0.25, 0.3) is 0 Å². The molecule has 2 saturated carbocycles. The summed E-state index contributed by atoms with van der Waals surface area (Å²) in [5, 5.41) is -5.23. The van der Waals surface area contributed by atoms with Crippen LogP contribution in [0, 0.1) is 11.3 Å². The number of hydrogen-bond donors (Lipinski definition) is 1. The van der Waals surface area contributed by atoms with E-state index in [9.17, 15) is 39.6 Å². The molecule has 0 radical (unpaired) electrons. The van der Waals surface area contributed by atoms with E-state index in [0.29, 0.717) is 0 Å². The average Bonchev–Trinajstić information content (AvgIpc) is 2.63. The molecule has 2 heterocycles. The van der Waals surface area contributed by atoms with Crippen LogP contribution < -0.4 is 0 Å². The Morgan fingerprint density at radius 3 is 1.81 bits per heavy atom. The maximum absolute atomic E-state index is 14.0. The number of esters is 1. The lowest BCUT2D eigenvalue weighted by molar-refractivity contribution is -0.257. The highest BCUT2D eigenvalue weighted by Crippen LogP contribution is 2.58. The zero-order valence-electron chi connectivity index (χ0n) is 17.3. The van der Waals surface area contributed by atoms with Gasteiger partial charge in [-0.15, -0.1) is 0 Å². The van der Waals surface area contributed by atoms with Gasteiger partial charge in [-0.2, -0.15) is 34.8 Å². The van der Waals surface area contributed by atoms with Gasteiger partial charge in [0.2, 0.25) is 0 Å². The number of carbonyl (C=O) groups is 1. The van der Waals surface area contributed by atoms with Crippen molar-refractivity contribution in [2.24, 2.45) is 11.3 Å². The third-order valence-electron chi connectivity index (χ3n) is 6.83. The summed E-state index contributed by atoms with van der Waals surface area (Å²) in [7, 11) is -6.11. The van der Waals surface area contributed by atoms with E-state index in [0.717, 1.165) is 0 Å². The summed E-state index contributed by atoms with van der Waals surface area (Å²) in [6.45, 7) is -0.698. The van der Waals surface area contributed by atoms with Gasteiger partial charge in [-0.25, -0.2) is 4.79 Å². The Bertz CT molecular complexity index is 830. The molecule has 0 aromatic heterocycles. The van der Waals surface area contributed by atoms with Gasteiger partial charge in [0.15, 0.2) is 0 Å². The van der Waals surface area contributed by atoms with Crippen molar-refractivity contribution in [2.75, 3.05) is 13.2 Å². The minimum atomic E-state index is -6.11. The summed E-state index contributed by atoms with van der Waals surface area (Å²) in [6, 6.07) is 0. The van der Waals surface area contributed by atoms with E-state index in [1.165, 1.54) is 13.8 Å². The number of fused-ring (bicyclic) bond motifs is 5. The molecule has 0 aromatic carbocycles. The molecule has 4 aliphatic rings. The topological polar surface area (TPSA) is 99.1 Å². The van der Waals surface area contributed by atoms with Gasteiger partial charge in [-0.1, -0.05) is 0 Å². The molecule has 2 atom stereocenters. The van der Waals surface area contributed by atoms with Crippen molar-refractivity contribution in [3.8, 4) is 0 Å². The molecule has 1 N–H and O–H groups in total. The molecule has 2 saturated heterocycles. The smallest absolute Gasteiger partial charge is 0.454 e. The molecule has 2 aliphatic heterocycles. The van der Waals surface area contributed by atoms with Crippen LogP contribution in [0.5, 0.6) is 0 Å². The number of ether oxygens (including phenoxy) is 3. The highest BCUT2D eigenvalue weighted by atomic mass is 32.2. The summed E-state index contributed by atoms with van der Waals surface area (Å²) in [5.41, 5.74) is -3.02. The Labute approximate surface area is 180 Å². The van der Waals surface area contributed by atoms with Gasteiger partial charge >= 0.3 is 33.2 Å². The number of rotatable bonds is 4. The molecule has 4 rings (SSSR count). The van der Waals surface area contributed by atoms with Crippen LogP contribution in [0.2, 0.25) is 0 Å². The van der Waals surface area contributed by atoms with Crippen LogP contribution in [-0.2, 0) is 29.1 Å². The number of alkyl halides is 6. The van der Waals surface area contributed by atoms with Gasteiger partial charge in [-0.3, -0.25) is 4.55 Å². The lowest BCUT2D eigenvalue weighted by Crippen LogP contribution is -2.58. The van der Waals surface area contributed by atoms with E-state index in [4.69, 9.17) is 18.8 Å². The minimum Gasteiger partial charge on any atom is -0.454 e. The molecule has 7 nitrogen and oxygen atoms in total. The van der Waals surface area contributed by atoms with Crippen molar-refractivity contribution in [3.63, 3.8) is 0 Å². The van der Waals surface area contributed by atoms with Crippen molar-refractivity contribution in [3.05, 3.63) is 0 Å². The van der Waals surface area contributed by atoms with Crippen LogP contribution >= 0.6 is 0 Å². The predicted octanol–water partition coefficient (Wildman–Crippen LogP) is 3.42. The molecule has 2 unspecified atom stereocenters. The minimum absolute atomic E-state index is 0.0945. The van der Waals surface area contributed by atoms with Crippen molar-refractivity contribution >= 4 is 16.1 Å². The maximum atomic E-state index is 14.0. The zero-order valence-corrected chi connectivity index (χ0v) is 18.1. The fraction of sp³-hybridized carbons (Fsp3) is 0.944. The highest BCUT2D eigenvalue weighted by molar-refractivity contribution is 7.87. The second-order valence-corrected chi connectivity index (χ2v) is 10.9. The standard InChI is InChI=1S/C18H24F6O7S/c1-14(2,31-13(25)18(23,24)32(26,27)28)15-5-10-3-11(6-15)29-8-16(19,20)17(21,22)9-30-12(4-10)7-15/h10-12H,3-9H2,1-2H3,(H,26,27,28). The fourth-order valence-electron chi connectivity index (χ4n) is 5.00. The van der Waals surface area contributed by atoms with E-state index in [1.54, 1.807) is 0 Å². The van der Waals surface area contributed by atoms with Gasteiger partial charge in [0.25, 0.3) is 0 Å². The monoisotopic (exact) mass is 498 g/mol. The third-order valence-corrected chi connectivity index (χ3v) is 7.65. The van der Waals surface area contributed by atoms with Gasteiger partial charge in [-0.05, 0) is 51.9 Å². The van der Waals surface area contributed by atoms with Crippen LogP contribution in [0.3, 0.4) is 0 Å². The highest BCUT2D eigenvalue weighted by Gasteiger charge is 2.63. The molecule has 0 amide bonds. The summed E-state index contributed by atoms with van der Waals surface area (Å²) in [6.07, 6.45) is -1.37. The SMILES string of the molecule is CC(C)(OC(=O)C(F)(F)S(=O)(=O)O)C12CC3CC(C1)OCC(F)(F)C(F)(F)COC(C3)C2. The normalized spacial score (nSPS) is 35.2. The number of hydrogen-bond acceptors (Lipinski definition) is 6. The van der Waals surface area contributed by atoms with E-state index in [-0.39, 0.29) is 38.0 Å². The van der Waals surface area contributed by atoms with Crippen molar-refractivity contribution in [1.82, 2.24) is 0 Å². The Kier molecular flexibility index (Phi) is 6.14. The summed E-state index contributed by atoms with van der Waals surface area (Å²) in [4.78, 5) is 11.9. The van der Waals surface area contributed by atoms with Gasteiger partial charge in [0, 0.05) is 5.41 Å². The van der Waals surface area contributed by atoms with E-state index in [1.807, 2.05) is 0 Å². The Balaban J connectivity index is 1.93. The molecular formula is C18H24F6O7S. The summed E-state index contributed by atoms with van der Waals surface area (Å²) < 4.78 is 129.